The van der Waals surface area contributed by atoms with Crippen molar-refractivity contribution in [3.05, 3.63) is 81.8 Å². The number of aryl methyl sites for hydroxylation is 1. The fourth-order valence-corrected chi connectivity index (χ4v) is 3.87. The first-order valence-corrected chi connectivity index (χ1v) is 11.7. The molecule has 4 rings (SSSR count). The van der Waals surface area contributed by atoms with Crippen LogP contribution in [0.25, 0.3) is 17.3 Å². The predicted molar refractivity (Wildman–Crippen MR) is 130 cm³/mol. The summed E-state index contributed by atoms with van der Waals surface area (Å²) < 4.78 is 8.42. The Morgan fingerprint density at radius 2 is 1.85 bits per heavy atom. The molecule has 0 fully saturated rings. The minimum absolute atomic E-state index is 0.122. The third kappa shape index (κ3) is 5.39. The number of carbonyl (C=O) groups is 1. The van der Waals surface area contributed by atoms with Crippen molar-refractivity contribution >= 4 is 21.8 Å². The Balaban J connectivity index is 1.62. The molecule has 0 bridgehead atoms. The van der Waals surface area contributed by atoms with Crippen molar-refractivity contribution in [2.24, 2.45) is 5.92 Å². The zero-order chi connectivity index (χ0) is 23.5. The maximum Gasteiger partial charge on any atom is 0.268 e. The highest BCUT2D eigenvalue weighted by atomic mass is 79.9. The first kappa shape index (κ1) is 22.9. The van der Waals surface area contributed by atoms with Crippen LogP contribution in [-0.2, 0) is 6.42 Å². The minimum Gasteiger partial charge on any atom is -0.420 e. The number of hydrogen-bond acceptors (Lipinski definition) is 5. The zero-order valence-corrected chi connectivity index (χ0v) is 20.6. The number of hydrogen-bond donors (Lipinski definition) is 1. The molecule has 33 heavy (non-hydrogen) atoms. The second-order valence-electron chi connectivity index (χ2n) is 8.45. The van der Waals surface area contributed by atoms with Crippen molar-refractivity contribution in [3.8, 4) is 17.3 Å². The maximum atomic E-state index is 13.0. The fourth-order valence-electron chi connectivity index (χ4n) is 3.61. The topological polar surface area (TPSA) is 85.8 Å². The molecule has 2 heterocycles. The van der Waals surface area contributed by atoms with Gasteiger partial charge in [-0.1, -0.05) is 48.0 Å². The van der Waals surface area contributed by atoms with E-state index in [4.69, 9.17) is 9.52 Å². The number of rotatable bonds is 7. The van der Waals surface area contributed by atoms with E-state index in [-0.39, 0.29) is 11.9 Å². The minimum atomic E-state index is -0.141. The maximum absolute atomic E-state index is 13.0. The van der Waals surface area contributed by atoms with Gasteiger partial charge in [0.25, 0.3) is 11.8 Å². The number of carbonyl (C=O) groups excluding carboxylic acids is 1. The van der Waals surface area contributed by atoms with E-state index in [0.29, 0.717) is 29.0 Å². The van der Waals surface area contributed by atoms with E-state index in [2.05, 4.69) is 45.3 Å². The molecule has 1 N–H and O–H groups in total. The summed E-state index contributed by atoms with van der Waals surface area (Å²) in [6.45, 7) is 8.03. The van der Waals surface area contributed by atoms with Crippen LogP contribution in [0.2, 0.25) is 0 Å². The van der Waals surface area contributed by atoms with Crippen LogP contribution >= 0.6 is 15.9 Å². The first-order valence-electron chi connectivity index (χ1n) is 10.9. The number of halogens is 1. The number of nitrogens with one attached hydrogen (secondary N) is 1. The smallest absolute Gasteiger partial charge is 0.268 e. The largest absolute Gasteiger partial charge is 0.420 e. The van der Waals surface area contributed by atoms with Crippen LogP contribution in [0, 0.1) is 12.8 Å². The van der Waals surface area contributed by atoms with Gasteiger partial charge < -0.3 is 9.73 Å². The lowest BCUT2D eigenvalue weighted by Gasteiger charge is -2.15. The van der Waals surface area contributed by atoms with Crippen LogP contribution in [0.5, 0.6) is 0 Å². The third-order valence-corrected chi connectivity index (χ3v) is 5.74. The van der Waals surface area contributed by atoms with Gasteiger partial charge in [0.1, 0.15) is 5.69 Å². The molecule has 1 atom stereocenters. The lowest BCUT2D eigenvalue weighted by Crippen LogP contribution is -2.26. The molecule has 0 aliphatic carbocycles. The number of benzene rings is 2. The lowest BCUT2D eigenvalue weighted by molar-refractivity contribution is 0.0940. The summed E-state index contributed by atoms with van der Waals surface area (Å²) in [6.07, 6.45) is 0.817. The zero-order valence-electron chi connectivity index (χ0n) is 19.0. The normalized spacial score (nSPS) is 12.2. The Hall–Kier alpha value is -3.26. The Morgan fingerprint density at radius 3 is 2.52 bits per heavy atom. The van der Waals surface area contributed by atoms with Crippen molar-refractivity contribution < 1.29 is 9.21 Å². The van der Waals surface area contributed by atoms with E-state index < -0.39 is 0 Å². The molecular weight excluding hydrogens is 482 g/mol. The first-order chi connectivity index (χ1) is 15.8. The SMILES string of the molecule is Cc1nnc(-c2cc(CC(C)C)n(-c3cccc(C(=O)N[C@H](C)c4ccc(Br)cc4)c3)n2)o1. The van der Waals surface area contributed by atoms with Gasteiger partial charge in [0, 0.05) is 22.7 Å². The quantitative estimate of drug-likeness (QED) is 0.347. The van der Waals surface area contributed by atoms with Crippen LogP contribution < -0.4 is 5.32 Å². The Labute approximate surface area is 201 Å². The second kappa shape index (κ2) is 9.70. The van der Waals surface area contributed by atoms with Crippen LogP contribution in [0.1, 0.15) is 54.3 Å². The Morgan fingerprint density at radius 1 is 1.09 bits per heavy atom. The van der Waals surface area contributed by atoms with E-state index >= 15 is 0 Å². The average molecular weight is 508 g/mol. The lowest BCUT2D eigenvalue weighted by atomic mass is 10.1. The van der Waals surface area contributed by atoms with Crippen molar-refractivity contribution in [1.29, 1.82) is 0 Å². The molecule has 0 aliphatic rings. The van der Waals surface area contributed by atoms with E-state index in [1.54, 1.807) is 13.0 Å². The molecule has 0 unspecified atom stereocenters. The van der Waals surface area contributed by atoms with Gasteiger partial charge in [-0.05, 0) is 61.2 Å². The van der Waals surface area contributed by atoms with Crippen molar-refractivity contribution in [3.63, 3.8) is 0 Å². The van der Waals surface area contributed by atoms with Crippen LogP contribution in [0.3, 0.4) is 0 Å². The Bertz CT molecular complexity index is 1260. The second-order valence-corrected chi connectivity index (χ2v) is 9.37. The van der Waals surface area contributed by atoms with Gasteiger partial charge in [-0.15, -0.1) is 10.2 Å². The fraction of sp³-hybridized carbons (Fsp3) is 0.280. The number of nitrogens with zero attached hydrogens (tertiary/aromatic N) is 4. The molecule has 170 valence electrons. The molecule has 0 saturated carbocycles. The summed E-state index contributed by atoms with van der Waals surface area (Å²) in [6, 6.07) is 17.2. The van der Waals surface area contributed by atoms with E-state index in [0.717, 1.165) is 27.8 Å². The van der Waals surface area contributed by atoms with Gasteiger partial charge in [-0.3, -0.25) is 4.79 Å². The summed E-state index contributed by atoms with van der Waals surface area (Å²) in [7, 11) is 0. The standard InChI is InChI=1S/C25H26BrN5O2/c1-15(2)12-22-14-23(25-29-28-17(4)33-25)30-31(22)21-7-5-6-19(13-21)24(32)27-16(3)18-8-10-20(26)11-9-18/h5-11,13-16H,12H2,1-4H3,(H,27,32)/t16-/m1/s1. The van der Waals surface area contributed by atoms with Crippen molar-refractivity contribution in [2.75, 3.05) is 0 Å². The molecule has 0 radical (unpaired) electrons. The molecule has 0 aliphatic heterocycles. The summed E-state index contributed by atoms with van der Waals surface area (Å²) >= 11 is 3.44. The van der Waals surface area contributed by atoms with Gasteiger partial charge in [0.15, 0.2) is 0 Å². The van der Waals surface area contributed by atoms with Crippen LogP contribution in [0.4, 0.5) is 0 Å². The van der Waals surface area contributed by atoms with Gasteiger partial charge in [-0.2, -0.15) is 5.10 Å². The summed E-state index contributed by atoms with van der Waals surface area (Å²) in [5, 5.41) is 15.8. The van der Waals surface area contributed by atoms with E-state index in [1.807, 2.05) is 60.1 Å². The molecule has 0 saturated heterocycles. The Kier molecular flexibility index (Phi) is 6.74. The van der Waals surface area contributed by atoms with Gasteiger partial charge in [0.2, 0.25) is 5.89 Å². The van der Waals surface area contributed by atoms with Crippen molar-refractivity contribution in [2.45, 2.75) is 40.2 Å². The number of amides is 1. The molecule has 1 amide bonds. The monoisotopic (exact) mass is 507 g/mol. The van der Waals surface area contributed by atoms with Gasteiger partial charge >= 0.3 is 0 Å². The third-order valence-electron chi connectivity index (χ3n) is 5.22. The molecule has 8 heteroatoms. The molecule has 0 spiro atoms. The predicted octanol–water partition coefficient (Wildman–Crippen LogP) is 5.68. The highest BCUT2D eigenvalue weighted by Crippen LogP contribution is 2.24. The highest BCUT2D eigenvalue weighted by Gasteiger charge is 2.18. The van der Waals surface area contributed by atoms with E-state index in [9.17, 15) is 4.79 Å². The van der Waals surface area contributed by atoms with Gasteiger partial charge in [-0.25, -0.2) is 4.68 Å². The molecule has 7 nitrogen and oxygen atoms in total. The summed E-state index contributed by atoms with van der Waals surface area (Å²) in [5.41, 5.74) is 4.03. The molecule has 2 aromatic heterocycles. The van der Waals surface area contributed by atoms with Crippen molar-refractivity contribution in [1.82, 2.24) is 25.3 Å². The highest BCUT2D eigenvalue weighted by molar-refractivity contribution is 9.10. The average Bonchev–Trinajstić information content (AvgIpc) is 3.40. The van der Waals surface area contributed by atoms with E-state index in [1.165, 1.54) is 0 Å². The molecule has 4 aromatic rings. The summed E-state index contributed by atoms with van der Waals surface area (Å²) in [4.78, 5) is 13.0. The van der Waals surface area contributed by atoms with Crippen LogP contribution in [-0.4, -0.2) is 25.9 Å². The van der Waals surface area contributed by atoms with Gasteiger partial charge in [0.05, 0.1) is 11.7 Å². The summed E-state index contributed by atoms with van der Waals surface area (Å²) in [5.74, 6) is 1.16. The molecule has 2 aromatic carbocycles. The molecular formula is C25H26BrN5O2. The number of aromatic nitrogens is 4. The van der Waals surface area contributed by atoms with Crippen LogP contribution in [0.15, 0.2) is 63.5 Å².